The summed E-state index contributed by atoms with van der Waals surface area (Å²) in [5.41, 5.74) is 0.980. The molecule has 0 fully saturated rings. The molecular formula is C20H17ClN2O4S. The fraction of sp³-hybridized carbons (Fsp3) is 0.200. The number of terminal acetylenes is 1. The van der Waals surface area contributed by atoms with E-state index in [1.165, 1.54) is 24.5 Å². The van der Waals surface area contributed by atoms with Gasteiger partial charge in [-0.15, -0.1) is 6.42 Å². The molecular weight excluding hydrogens is 400 g/mol. The molecule has 3 rings (SSSR count). The first-order valence-electron chi connectivity index (χ1n) is 8.14. The third kappa shape index (κ3) is 3.57. The van der Waals surface area contributed by atoms with Crippen LogP contribution in [0.5, 0.6) is 17.2 Å². The molecule has 0 aliphatic carbocycles. The fourth-order valence-corrected chi connectivity index (χ4v) is 4.08. The molecule has 1 aromatic heterocycles. The molecule has 144 valence electrons. The van der Waals surface area contributed by atoms with Crippen LogP contribution in [0.3, 0.4) is 0 Å². The number of halogens is 1. The summed E-state index contributed by atoms with van der Waals surface area (Å²) in [6.45, 7) is 0.211. The maximum absolute atomic E-state index is 12.9. The van der Waals surface area contributed by atoms with Gasteiger partial charge in [0.05, 0.1) is 33.4 Å². The summed E-state index contributed by atoms with van der Waals surface area (Å²) in [7, 11) is 4.62. The third-order valence-electron chi connectivity index (χ3n) is 4.03. The average Bonchev–Trinajstić information content (AvgIpc) is 3.05. The maximum atomic E-state index is 12.9. The predicted molar refractivity (Wildman–Crippen MR) is 110 cm³/mol. The lowest BCUT2D eigenvalue weighted by Crippen LogP contribution is -2.17. The highest BCUT2D eigenvalue weighted by molar-refractivity contribution is 7.16. The Hall–Kier alpha value is -2.95. The highest BCUT2D eigenvalue weighted by Crippen LogP contribution is 2.35. The summed E-state index contributed by atoms with van der Waals surface area (Å²) in [5, 5.41) is 0.413. The highest BCUT2D eigenvalue weighted by Gasteiger charge is 2.18. The van der Waals surface area contributed by atoms with Gasteiger partial charge in [0.2, 0.25) is 0 Å². The Labute approximate surface area is 170 Å². The summed E-state index contributed by atoms with van der Waals surface area (Å²) in [6.07, 6.45) is 5.55. The lowest BCUT2D eigenvalue weighted by atomic mass is 10.2. The van der Waals surface area contributed by atoms with Gasteiger partial charge in [-0.05, 0) is 30.3 Å². The molecule has 1 amide bonds. The van der Waals surface area contributed by atoms with E-state index in [1.54, 1.807) is 43.1 Å². The van der Waals surface area contributed by atoms with Gasteiger partial charge in [0.15, 0.2) is 4.80 Å². The zero-order valence-corrected chi connectivity index (χ0v) is 17.1. The zero-order valence-electron chi connectivity index (χ0n) is 15.5. The number of fused-ring (bicyclic) bond motifs is 1. The number of nitrogens with zero attached hydrogens (tertiary/aromatic N) is 2. The number of benzene rings is 2. The number of methoxy groups -OCH3 is 3. The molecule has 6 nitrogen and oxygen atoms in total. The Morgan fingerprint density at radius 1 is 1.14 bits per heavy atom. The molecule has 0 radical (unpaired) electrons. The van der Waals surface area contributed by atoms with Gasteiger partial charge in [-0.25, -0.2) is 0 Å². The first-order valence-corrected chi connectivity index (χ1v) is 9.33. The minimum Gasteiger partial charge on any atom is -0.496 e. The lowest BCUT2D eigenvalue weighted by molar-refractivity contribution is 0.0995. The third-order valence-corrected chi connectivity index (χ3v) is 5.36. The number of ether oxygens (including phenoxy) is 3. The van der Waals surface area contributed by atoms with E-state index in [1.807, 2.05) is 0 Å². The standard InChI is InChI=1S/C20H17ClN2O4S/c1-5-10-23-17-15(26-3)8-9-16(27-4)18(17)28-20(23)22-19(24)13-11-12(21)6-7-14(13)25-2/h1,6-9,11H,10H2,2-4H3. The van der Waals surface area contributed by atoms with E-state index in [4.69, 9.17) is 32.2 Å². The summed E-state index contributed by atoms with van der Waals surface area (Å²) in [5.74, 6) is 3.74. The van der Waals surface area contributed by atoms with Crippen molar-refractivity contribution in [3.63, 3.8) is 0 Å². The van der Waals surface area contributed by atoms with Gasteiger partial charge in [-0.3, -0.25) is 4.79 Å². The van der Waals surface area contributed by atoms with Crippen LogP contribution in [0.1, 0.15) is 10.4 Å². The minimum atomic E-state index is -0.491. The molecule has 0 saturated heterocycles. The van der Waals surface area contributed by atoms with Crippen molar-refractivity contribution >= 4 is 39.1 Å². The van der Waals surface area contributed by atoms with Crippen molar-refractivity contribution < 1.29 is 19.0 Å². The SMILES string of the molecule is C#CCn1c(=NC(=O)c2cc(Cl)ccc2OC)sc2c(OC)ccc(OC)c21. The lowest BCUT2D eigenvalue weighted by Gasteiger charge is -2.08. The molecule has 1 heterocycles. The molecule has 0 spiro atoms. The van der Waals surface area contributed by atoms with Crippen LogP contribution in [0.15, 0.2) is 35.3 Å². The Kier molecular flexibility index (Phi) is 5.93. The van der Waals surface area contributed by atoms with Crippen LogP contribution in [-0.2, 0) is 6.54 Å². The van der Waals surface area contributed by atoms with Gasteiger partial charge >= 0.3 is 0 Å². The molecule has 2 aromatic carbocycles. The molecule has 0 saturated carbocycles. The van der Waals surface area contributed by atoms with Crippen molar-refractivity contribution in [3.05, 3.63) is 45.7 Å². The Morgan fingerprint density at radius 3 is 2.43 bits per heavy atom. The van der Waals surface area contributed by atoms with Gasteiger partial charge in [0.25, 0.3) is 5.91 Å². The summed E-state index contributed by atoms with van der Waals surface area (Å²) in [4.78, 5) is 17.6. The van der Waals surface area contributed by atoms with Gasteiger partial charge < -0.3 is 18.8 Å². The van der Waals surface area contributed by atoms with E-state index in [-0.39, 0.29) is 12.1 Å². The van der Waals surface area contributed by atoms with Gasteiger partial charge in [-0.1, -0.05) is 28.9 Å². The van der Waals surface area contributed by atoms with Crippen molar-refractivity contribution in [1.82, 2.24) is 4.57 Å². The number of rotatable bonds is 5. The number of hydrogen-bond acceptors (Lipinski definition) is 5. The average molecular weight is 417 g/mol. The van der Waals surface area contributed by atoms with Gasteiger partial charge in [-0.2, -0.15) is 4.99 Å². The topological polar surface area (TPSA) is 62.1 Å². The van der Waals surface area contributed by atoms with Crippen LogP contribution >= 0.6 is 22.9 Å². The van der Waals surface area contributed by atoms with E-state index in [0.717, 1.165) is 10.2 Å². The zero-order chi connectivity index (χ0) is 20.3. The van der Waals surface area contributed by atoms with Gasteiger partial charge in [0, 0.05) is 5.02 Å². The largest absolute Gasteiger partial charge is 0.496 e. The highest BCUT2D eigenvalue weighted by atomic mass is 35.5. The van der Waals surface area contributed by atoms with Crippen molar-refractivity contribution in [2.45, 2.75) is 6.54 Å². The number of amides is 1. The minimum absolute atomic E-state index is 0.211. The van der Waals surface area contributed by atoms with Crippen LogP contribution in [0, 0.1) is 12.3 Å². The van der Waals surface area contributed by atoms with Crippen molar-refractivity contribution in [3.8, 4) is 29.6 Å². The van der Waals surface area contributed by atoms with E-state index in [9.17, 15) is 4.79 Å². The molecule has 0 atom stereocenters. The monoisotopic (exact) mass is 416 g/mol. The number of thiazole rings is 1. The second-order valence-electron chi connectivity index (χ2n) is 5.58. The number of hydrogen-bond donors (Lipinski definition) is 0. The van der Waals surface area contributed by atoms with Crippen molar-refractivity contribution in [2.24, 2.45) is 4.99 Å². The first-order chi connectivity index (χ1) is 13.5. The second-order valence-corrected chi connectivity index (χ2v) is 7.00. The van der Waals surface area contributed by atoms with Crippen LogP contribution in [0.4, 0.5) is 0 Å². The van der Waals surface area contributed by atoms with E-state index in [0.29, 0.717) is 27.1 Å². The second kappa shape index (κ2) is 8.38. The first kappa shape index (κ1) is 19.8. The molecule has 0 bridgehead atoms. The Bertz CT molecular complexity index is 1160. The van der Waals surface area contributed by atoms with Crippen LogP contribution in [0.2, 0.25) is 5.02 Å². The quantitative estimate of drug-likeness (QED) is 0.594. The molecule has 0 aliphatic heterocycles. The summed E-state index contributed by atoms with van der Waals surface area (Å²) < 4.78 is 18.7. The molecule has 0 N–H and O–H groups in total. The van der Waals surface area contributed by atoms with E-state index < -0.39 is 5.91 Å². The van der Waals surface area contributed by atoms with Crippen LogP contribution < -0.4 is 19.0 Å². The molecule has 28 heavy (non-hydrogen) atoms. The van der Waals surface area contributed by atoms with Crippen LogP contribution in [0.25, 0.3) is 10.2 Å². The van der Waals surface area contributed by atoms with E-state index >= 15 is 0 Å². The van der Waals surface area contributed by atoms with E-state index in [2.05, 4.69) is 10.9 Å². The molecule has 0 aliphatic rings. The molecule has 8 heteroatoms. The predicted octanol–water partition coefficient (Wildman–Crippen LogP) is 3.76. The Balaban J connectivity index is 2.28. The van der Waals surface area contributed by atoms with Gasteiger partial charge in [0.1, 0.15) is 27.5 Å². The normalized spacial score (nSPS) is 11.3. The van der Waals surface area contributed by atoms with Crippen LogP contribution in [-0.4, -0.2) is 31.8 Å². The van der Waals surface area contributed by atoms with Crippen molar-refractivity contribution in [2.75, 3.05) is 21.3 Å². The number of aromatic nitrogens is 1. The molecule has 3 aromatic rings. The Morgan fingerprint density at radius 2 is 1.79 bits per heavy atom. The summed E-state index contributed by atoms with van der Waals surface area (Å²) >= 11 is 7.32. The number of carbonyl (C=O) groups excluding carboxylic acids is 1. The summed E-state index contributed by atoms with van der Waals surface area (Å²) in [6, 6.07) is 8.37. The smallest absolute Gasteiger partial charge is 0.283 e. The maximum Gasteiger partial charge on any atom is 0.283 e. The number of carbonyl (C=O) groups is 1. The molecule has 0 unspecified atom stereocenters. The van der Waals surface area contributed by atoms with Crippen molar-refractivity contribution in [1.29, 1.82) is 0 Å². The fourth-order valence-electron chi connectivity index (χ4n) is 2.77.